The van der Waals surface area contributed by atoms with Crippen LogP contribution in [0.1, 0.15) is 22.3 Å². The maximum atomic E-state index is 11.7. The van der Waals surface area contributed by atoms with E-state index in [9.17, 15) is 4.79 Å². The molecule has 0 spiro atoms. The van der Waals surface area contributed by atoms with Gasteiger partial charge in [-0.25, -0.2) is 4.68 Å². The maximum absolute atomic E-state index is 11.7. The van der Waals surface area contributed by atoms with E-state index < -0.39 is 0 Å². The van der Waals surface area contributed by atoms with Gasteiger partial charge in [0.1, 0.15) is 5.75 Å². The van der Waals surface area contributed by atoms with Crippen LogP contribution in [0.4, 0.5) is 5.69 Å². The van der Waals surface area contributed by atoms with Gasteiger partial charge in [-0.05, 0) is 50.1 Å². The van der Waals surface area contributed by atoms with E-state index in [-0.39, 0.29) is 12.5 Å². The molecule has 0 atom stereocenters. The minimum Gasteiger partial charge on any atom is -0.482 e. The minimum atomic E-state index is -0.152. The fraction of sp³-hybridized carbons (Fsp3) is 0.227. The molecule has 1 aliphatic rings. The summed E-state index contributed by atoms with van der Waals surface area (Å²) in [5, 5.41) is 9.62. The average Bonchev–Trinajstić information content (AvgIpc) is 3.09. The molecule has 0 unspecified atom stereocenters. The number of aryl methyl sites for hydroxylation is 3. The predicted molar refractivity (Wildman–Crippen MR) is 117 cm³/mol. The second-order valence-corrected chi connectivity index (χ2v) is 7.88. The van der Waals surface area contributed by atoms with Crippen LogP contribution in [0, 0.1) is 20.8 Å². The Balaban J connectivity index is 1.78. The number of amides is 1. The number of nitrogens with one attached hydrogen (secondary N) is 1. The Kier molecular flexibility index (Phi) is 5.07. The van der Waals surface area contributed by atoms with Gasteiger partial charge in [-0.15, -0.1) is 11.3 Å². The molecule has 2 aromatic carbocycles. The van der Waals surface area contributed by atoms with Crippen LogP contribution < -0.4 is 14.9 Å². The van der Waals surface area contributed by atoms with Gasteiger partial charge < -0.3 is 10.1 Å². The van der Waals surface area contributed by atoms with E-state index in [1.807, 2.05) is 34.5 Å². The zero-order valence-corrected chi connectivity index (χ0v) is 17.6. The smallest absolute Gasteiger partial charge is 0.262 e. The summed E-state index contributed by atoms with van der Waals surface area (Å²) in [5.74, 6) is 0.519. The lowest BCUT2D eigenvalue weighted by molar-refractivity contribution is -0.118. The van der Waals surface area contributed by atoms with Crippen molar-refractivity contribution in [2.45, 2.75) is 20.8 Å². The molecule has 2 heterocycles. The second kappa shape index (κ2) is 7.67. The van der Waals surface area contributed by atoms with E-state index in [0.29, 0.717) is 11.4 Å². The van der Waals surface area contributed by atoms with Crippen LogP contribution in [0.2, 0.25) is 0 Å². The Bertz CT molecular complexity index is 1180. The lowest BCUT2D eigenvalue weighted by atomic mass is 10.0. The number of hydrogen-bond donors (Lipinski definition) is 1. The molecular formula is C22H22N4O2S. The highest BCUT2D eigenvalue weighted by Gasteiger charge is 2.17. The lowest BCUT2D eigenvalue weighted by Crippen LogP contribution is -2.25. The first-order valence-corrected chi connectivity index (χ1v) is 10.2. The summed E-state index contributed by atoms with van der Waals surface area (Å²) in [6.45, 7) is 6.33. The average molecular weight is 407 g/mol. The topological polar surface area (TPSA) is 68.0 Å². The normalized spacial score (nSPS) is 14.1. The van der Waals surface area contributed by atoms with Crippen LogP contribution in [-0.4, -0.2) is 30.5 Å². The fourth-order valence-electron chi connectivity index (χ4n) is 3.51. The minimum absolute atomic E-state index is 0.0448. The molecule has 0 saturated carbocycles. The molecule has 0 radical (unpaired) electrons. The number of ether oxygens (including phenoxy) is 1. The summed E-state index contributed by atoms with van der Waals surface area (Å²) in [6.07, 6.45) is 1.89. The van der Waals surface area contributed by atoms with Crippen LogP contribution in [-0.2, 0) is 4.79 Å². The van der Waals surface area contributed by atoms with Crippen molar-refractivity contribution in [1.29, 1.82) is 0 Å². The van der Waals surface area contributed by atoms with E-state index in [1.165, 1.54) is 28.0 Å². The van der Waals surface area contributed by atoms with Crippen molar-refractivity contribution in [3.63, 3.8) is 0 Å². The van der Waals surface area contributed by atoms with E-state index in [4.69, 9.17) is 9.84 Å². The molecule has 1 amide bonds. The second-order valence-electron chi connectivity index (χ2n) is 7.04. The quantitative estimate of drug-likeness (QED) is 0.671. The van der Waals surface area contributed by atoms with Crippen molar-refractivity contribution >= 4 is 29.1 Å². The summed E-state index contributed by atoms with van der Waals surface area (Å²) >= 11 is 1.52. The highest BCUT2D eigenvalue weighted by molar-refractivity contribution is 7.07. The van der Waals surface area contributed by atoms with Crippen molar-refractivity contribution < 1.29 is 9.53 Å². The summed E-state index contributed by atoms with van der Waals surface area (Å²) in [5.41, 5.74) is 7.21. The van der Waals surface area contributed by atoms with Crippen LogP contribution in [0.3, 0.4) is 0 Å². The van der Waals surface area contributed by atoms with Crippen LogP contribution in [0.15, 0.2) is 45.8 Å². The summed E-state index contributed by atoms with van der Waals surface area (Å²) in [7, 11) is 1.75. The van der Waals surface area contributed by atoms with Gasteiger partial charge in [0.15, 0.2) is 6.61 Å². The molecule has 0 aliphatic carbocycles. The van der Waals surface area contributed by atoms with E-state index in [0.717, 1.165) is 21.6 Å². The number of aromatic nitrogens is 1. The molecule has 3 aromatic rings. The van der Waals surface area contributed by atoms with Gasteiger partial charge in [-0.1, -0.05) is 17.7 Å². The monoisotopic (exact) mass is 406 g/mol. The van der Waals surface area contributed by atoms with Gasteiger partial charge in [0.25, 0.3) is 5.91 Å². The third kappa shape index (κ3) is 3.73. The zero-order valence-electron chi connectivity index (χ0n) is 16.8. The molecule has 4 rings (SSSR count). The molecule has 7 heteroatoms. The Morgan fingerprint density at radius 3 is 2.66 bits per heavy atom. The molecule has 0 saturated heterocycles. The molecule has 148 valence electrons. The number of carbonyl (C=O) groups is 1. The Morgan fingerprint density at radius 2 is 1.93 bits per heavy atom. The van der Waals surface area contributed by atoms with Crippen molar-refractivity contribution in [3.8, 4) is 17.0 Å². The molecule has 1 N–H and O–H groups in total. The third-order valence-corrected chi connectivity index (χ3v) is 5.73. The van der Waals surface area contributed by atoms with E-state index >= 15 is 0 Å². The first-order valence-electron chi connectivity index (χ1n) is 9.29. The Hall–Kier alpha value is -3.19. The first kappa shape index (κ1) is 19.1. The van der Waals surface area contributed by atoms with Crippen molar-refractivity contribution in [2.75, 3.05) is 19.0 Å². The van der Waals surface area contributed by atoms with E-state index in [2.05, 4.69) is 43.2 Å². The SMILES string of the molecule is CN=c1scc(-c2ccc3c(c2)NC(=O)CO3)n1N=Cc1c(C)cc(C)cc1C. The van der Waals surface area contributed by atoms with Gasteiger partial charge in [-0.3, -0.25) is 9.79 Å². The Labute approximate surface area is 173 Å². The van der Waals surface area contributed by atoms with Gasteiger partial charge >= 0.3 is 0 Å². The largest absolute Gasteiger partial charge is 0.482 e. The molecule has 0 bridgehead atoms. The molecular weight excluding hydrogens is 384 g/mol. The summed E-state index contributed by atoms with van der Waals surface area (Å²) < 4.78 is 7.29. The maximum Gasteiger partial charge on any atom is 0.262 e. The fourth-order valence-corrected chi connectivity index (χ4v) is 4.32. The molecule has 1 aromatic heterocycles. The number of anilines is 1. The number of benzene rings is 2. The predicted octanol–water partition coefficient (Wildman–Crippen LogP) is 3.89. The van der Waals surface area contributed by atoms with Crippen molar-refractivity contribution in [1.82, 2.24) is 4.68 Å². The van der Waals surface area contributed by atoms with Gasteiger partial charge in [0.2, 0.25) is 4.80 Å². The number of thiazole rings is 1. The van der Waals surface area contributed by atoms with Crippen LogP contribution in [0.5, 0.6) is 5.75 Å². The number of carbonyl (C=O) groups excluding carboxylic acids is 1. The molecule has 0 fully saturated rings. The van der Waals surface area contributed by atoms with Gasteiger partial charge in [0.05, 0.1) is 17.6 Å². The van der Waals surface area contributed by atoms with Crippen LogP contribution in [0.25, 0.3) is 11.3 Å². The number of nitrogens with zero attached hydrogens (tertiary/aromatic N) is 3. The van der Waals surface area contributed by atoms with Crippen molar-refractivity contribution in [3.05, 3.63) is 62.8 Å². The molecule has 29 heavy (non-hydrogen) atoms. The lowest BCUT2D eigenvalue weighted by Gasteiger charge is -2.18. The standard InChI is InChI=1S/C22H22N4O2S/c1-13-7-14(2)17(15(3)8-13)10-24-26-19(12-29-22(26)23-4)16-5-6-20-18(9-16)25-21(27)11-28-20/h5-10,12H,11H2,1-4H3,(H,25,27). The van der Waals surface area contributed by atoms with Crippen molar-refractivity contribution in [2.24, 2.45) is 10.1 Å². The molecule has 6 nitrogen and oxygen atoms in total. The van der Waals surface area contributed by atoms with E-state index in [1.54, 1.807) is 7.05 Å². The summed E-state index contributed by atoms with van der Waals surface area (Å²) in [4.78, 5) is 16.8. The number of rotatable bonds is 3. The number of fused-ring (bicyclic) bond motifs is 1. The third-order valence-electron chi connectivity index (χ3n) is 4.83. The van der Waals surface area contributed by atoms with Gasteiger partial charge in [0, 0.05) is 23.6 Å². The highest BCUT2D eigenvalue weighted by atomic mass is 32.1. The first-order chi connectivity index (χ1) is 14.0. The van der Waals surface area contributed by atoms with Crippen LogP contribution >= 0.6 is 11.3 Å². The number of hydrogen-bond acceptors (Lipinski definition) is 5. The molecule has 1 aliphatic heterocycles. The highest BCUT2D eigenvalue weighted by Crippen LogP contribution is 2.32. The van der Waals surface area contributed by atoms with Gasteiger partial charge in [-0.2, -0.15) is 5.10 Å². The summed E-state index contributed by atoms with van der Waals surface area (Å²) in [6, 6.07) is 10.1. The Morgan fingerprint density at radius 1 is 1.17 bits per heavy atom. The zero-order chi connectivity index (χ0) is 20.5.